The number of carbonyl (C=O) groups excluding carboxylic acids is 1. The monoisotopic (exact) mass is 317 g/mol. The van der Waals surface area contributed by atoms with E-state index in [9.17, 15) is 4.79 Å². The number of amides is 1. The van der Waals surface area contributed by atoms with Gasteiger partial charge in [-0.15, -0.1) is 0 Å². The summed E-state index contributed by atoms with van der Waals surface area (Å²) in [4.78, 5) is 11.3. The molecule has 1 N–H and O–H groups in total. The van der Waals surface area contributed by atoms with Crippen LogP contribution in [0.1, 0.15) is 11.7 Å². The van der Waals surface area contributed by atoms with E-state index in [2.05, 4.69) is 5.32 Å². The van der Waals surface area contributed by atoms with Crippen LogP contribution in [-0.2, 0) is 9.53 Å². The van der Waals surface area contributed by atoms with Gasteiger partial charge in [0.2, 0.25) is 5.91 Å². The lowest BCUT2D eigenvalue weighted by molar-refractivity contribution is -0.137. The van der Waals surface area contributed by atoms with Crippen molar-refractivity contribution in [1.82, 2.24) is 5.32 Å². The number of nitrogens with one attached hydrogen (secondary N) is 1. The van der Waals surface area contributed by atoms with E-state index in [1.165, 1.54) is 0 Å². The fourth-order valence-electron chi connectivity index (χ4n) is 2.38. The fourth-order valence-corrected chi connectivity index (χ4v) is 2.56. The molecule has 4 nitrogen and oxygen atoms in total. The van der Waals surface area contributed by atoms with E-state index in [-0.39, 0.29) is 24.7 Å². The van der Waals surface area contributed by atoms with E-state index in [1.807, 2.05) is 48.5 Å². The van der Waals surface area contributed by atoms with Gasteiger partial charge in [-0.3, -0.25) is 4.79 Å². The van der Waals surface area contributed by atoms with Crippen molar-refractivity contribution in [2.45, 2.75) is 12.2 Å². The molecule has 3 rings (SSSR count). The van der Waals surface area contributed by atoms with Gasteiger partial charge in [0.15, 0.2) is 6.10 Å². The Balaban J connectivity index is 1.86. The van der Waals surface area contributed by atoms with Gasteiger partial charge in [0.1, 0.15) is 18.5 Å². The Bertz CT molecular complexity index is 637. The number of rotatable bonds is 4. The minimum atomic E-state index is -0.346. The van der Waals surface area contributed by atoms with Gasteiger partial charge >= 0.3 is 0 Å². The maximum atomic E-state index is 11.3. The second-order valence-corrected chi connectivity index (χ2v) is 5.44. The average Bonchev–Trinajstić information content (AvgIpc) is 2.56. The third kappa shape index (κ3) is 3.40. The second kappa shape index (κ2) is 6.81. The molecule has 2 aromatic rings. The van der Waals surface area contributed by atoms with Gasteiger partial charge in [-0.2, -0.15) is 0 Å². The predicted octanol–water partition coefficient (Wildman–Crippen LogP) is 2.98. The Morgan fingerprint density at radius 3 is 2.55 bits per heavy atom. The molecule has 0 aromatic heterocycles. The maximum Gasteiger partial charge on any atom is 0.246 e. The minimum Gasteiger partial charge on any atom is -0.481 e. The molecular weight excluding hydrogens is 302 g/mol. The number of benzene rings is 2. The van der Waals surface area contributed by atoms with Crippen molar-refractivity contribution in [3.8, 4) is 5.75 Å². The first kappa shape index (κ1) is 14.9. The molecule has 0 spiro atoms. The number of hydrogen-bond donors (Lipinski definition) is 1. The number of morpholine rings is 1. The van der Waals surface area contributed by atoms with Gasteiger partial charge in [0.25, 0.3) is 0 Å². The summed E-state index contributed by atoms with van der Waals surface area (Å²) in [6.45, 7) is 0.447. The normalized spacial score (nSPS) is 19.3. The quantitative estimate of drug-likeness (QED) is 0.943. The highest BCUT2D eigenvalue weighted by Crippen LogP contribution is 2.31. The molecule has 2 atom stereocenters. The molecule has 0 aliphatic carbocycles. The first-order valence-corrected chi connectivity index (χ1v) is 7.46. The summed E-state index contributed by atoms with van der Waals surface area (Å²) >= 11 is 6.18. The molecular formula is C17H16ClNO3. The molecule has 0 radical (unpaired) electrons. The van der Waals surface area contributed by atoms with Crippen LogP contribution in [0.5, 0.6) is 5.75 Å². The van der Waals surface area contributed by atoms with Crippen molar-refractivity contribution in [2.24, 2.45) is 0 Å². The topological polar surface area (TPSA) is 47.6 Å². The molecule has 2 aromatic carbocycles. The largest absolute Gasteiger partial charge is 0.481 e. The lowest BCUT2D eigenvalue weighted by Crippen LogP contribution is -2.46. The summed E-state index contributed by atoms with van der Waals surface area (Å²) in [5.74, 6) is 0.485. The Morgan fingerprint density at radius 1 is 1.14 bits per heavy atom. The highest BCUT2D eigenvalue weighted by molar-refractivity contribution is 6.32. The third-order valence-corrected chi connectivity index (χ3v) is 3.80. The van der Waals surface area contributed by atoms with E-state index in [0.29, 0.717) is 17.3 Å². The molecule has 114 valence electrons. The van der Waals surface area contributed by atoms with Crippen LogP contribution < -0.4 is 10.1 Å². The molecule has 1 fully saturated rings. The molecule has 5 heteroatoms. The van der Waals surface area contributed by atoms with Gasteiger partial charge in [-0.25, -0.2) is 0 Å². The number of hydrogen-bond acceptors (Lipinski definition) is 3. The van der Waals surface area contributed by atoms with Crippen LogP contribution in [0, 0.1) is 0 Å². The number of para-hydroxylation sites is 1. The molecule has 0 bridgehead atoms. The Labute approximate surface area is 134 Å². The van der Waals surface area contributed by atoms with Crippen molar-refractivity contribution in [3.63, 3.8) is 0 Å². The summed E-state index contributed by atoms with van der Waals surface area (Å²) in [5.41, 5.74) is 0.976. The lowest BCUT2D eigenvalue weighted by atomic mass is 10.0. The maximum absolute atomic E-state index is 11.3. The van der Waals surface area contributed by atoms with Crippen LogP contribution >= 0.6 is 11.6 Å². The summed E-state index contributed by atoms with van der Waals surface area (Å²) in [6.07, 6.45) is -0.613. The van der Waals surface area contributed by atoms with Gasteiger partial charge in [0.05, 0.1) is 5.02 Å². The molecule has 1 amide bonds. The van der Waals surface area contributed by atoms with Crippen molar-refractivity contribution >= 4 is 17.5 Å². The van der Waals surface area contributed by atoms with Crippen LogP contribution in [0.3, 0.4) is 0 Å². The number of carbonyl (C=O) groups is 1. The van der Waals surface area contributed by atoms with E-state index in [4.69, 9.17) is 21.1 Å². The summed E-state index contributed by atoms with van der Waals surface area (Å²) in [5, 5.41) is 3.35. The van der Waals surface area contributed by atoms with E-state index in [0.717, 1.165) is 5.56 Å². The minimum absolute atomic E-state index is 0.0415. The van der Waals surface area contributed by atoms with E-state index < -0.39 is 0 Å². The van der Waals surface area contributed by atoms with Crippen LogP contribution in [0.25, 0.3) is 0 Å². The molecule has 0 unspecified atom stereocenters. The highest BCUT2D eigenvalue weighted by Gasteiger charge is 2.30. The Morgan fingerprint density at radius 2 is 1.86 bits per heavy atom. The third-order valence-electron chi connectivity index (χ3n) is 3.49. The summed E-state index contributed by atoms with van der Waals surface area (Å²) < 4.78 is 11.7. The standard InChI is InChI=1S/C17H16ClNO3/c18-13-8-4-5-9-14(13)22-17(12-6-2-1-3-7-12)15-10-19-16(20)11-21-15/h1-9,15,17H,10-11H2,(H,19,20)/t15-,17+/m0/s1. The molecule has 1 heterocycles. The molecule has 0 saturated carbocycles. The van der Waals surface area contributed by atoms with Crippen LogP contribution in [0.2, 0.25) is 5.02 Å². The van der Waals surface area contributed by atoms with Crippen molar-refractivity contribution in [2.75, 3.05) is 13.2 Å². The van der Waals surface area contributed by atoms with Crippen molar-refractivity contribution in [3.05, 3.63) is 65.2 Å². The molecule has 1 aliphatic rings. The Hall–Kier alpha value is -2.04. The summed E-state index contributed by atoms with van der Waals surface area (Å²) in [7, 11) is 0. The average molecular weight is 318 g/mol. The van der Waals surface area contributed by atoms with Gasteiger partial charge in [0, 0.05) is 6.54 Å². The van der Waals surface area contributed by atoms with E-state index >= 15 is 0 Å². The van der Waals surface area contributed by atoms with E-state index in [1.54, 1.807) is 6.07 Å². The number of ether oxygens (including phenoxy) is 2. The number of halogens is 1. The van der Waals surface area contributed by atoms with Crippen molar-refractivity contribution < 1.29 is 14.3 Å². The first-order valence-electron chi connectivity index (χ1n) is 7.08. The molecule has 1 aliphatic heterocycles. The van der Waals surface area contributed by atoms with Gasteiger partial charge in [-0.1, -0.05) is 54.1 Å². The van der Waals surface area contributed by atoms with Crippen molar-refractivity contribution in [1.29, 1.82) is 0 Å². The zero-order chi connectivity index (χ0) is 15.4. The molecule has 1 saturated heterocycles. The van der Waals surface area contributed by atoms with Crippen LogP contribution in [0.4, 0.5) is 0 Å². The predicted molar refractivity (Wildman–Crippen MR) is 84.0 cm³/mol. The highest BCUT2D eigenvalue weighted by atomic mass is 35.5. The molecule has 22 heavy (non-hydrogen) atoms. The van der Waals surface area contributed by atoms with Gasteiger partial charge in [-0.05, 0) is 17.7 Å². The lowest BCUT2D eigenvalue weighted by Gasteiger charge is -2.31. The zero-order valence-electron chi connectivity index (χ0n) is 11.9. The smallest absolute Gasteiger partial charge is 0.246 e. The SMILES string of the molecule is O=C1CO[C@H]([C@H](Oc2ccccc2Cl)c2ccccc2)CN1. The second-order valence-electron chi connectivity index (χ2n) is 5.03. The first-order chi connectivity index (χ1) is 10.7. The Kier molecular flexibility index (Phi) is 4.61. The fraction of sp³-hybridized carbons (Fsp3) is 0.235. The van der Waals surface area contributed by atoms with Crippen LogP contribution in [0.15, 0.2) is 54.6 Å². The van der Waals surface area contributed by atoms with Crippen LogP contribution in [-0.4, -0.2) is 25.2 Å². The summed E-state index contributed by atoms with van der Waals surface area (Å²) in [6, 6.07) is 17.1. The van der Waals surface area contributed by atoms with Gasteiger partial charge < -0.3 is 14.8 Å². The zero-order valence-corrected chi connectivity index (χ0v) is 12.6.